The van der Waals surface area contributed by atoms with Gasteiger partial charge < -0.3 is 0 Å². The van der Waals surface area contributed by atoms with Gasteiger partial charge in [-0.3, -0.25) is 0 Å². The van der Waals surface area contributed by atoms with Gasteiger partial charge in [-0.15, -0.1) is 0 Å². The SMILES string of the molecule is CC(C)COOCC(C)c1cccc(C(C)COOCC(C)C)c1. The predicted octanol–water partition coefficient (Wildman–Crippen LogP) is 5.10. The predicted molar refractivity (Wildman–Crippen MR) is 96.8 cm³/mol. The van der Waals surface area contributed by atoms with Crippen molar-refractivity contribution in [3.8, 4) is 0 Å². The lowest BCUT2D eigenvalue weighted by Crippen LogP contribution is -2.10. The Bertz CT molecular complexity index is 408. The van der Waals surface area contributed by atoms with E-state index in [4.69, 9.17) is 19.6 Å². The zero-order valence-electron chi connectivity index (χ0n) is 16.1. The Labute approximate surface area is 147 Å². The van der Waals surface area contributed by atoms with Crippen molar-refractivity contribution in [1.82, 2.24) is 0 Å². The molecule has 0 saturated carbocycles. The Balaban J connectivity index is 2.43. The molecule has 0 aliphatic rings. The molecule has 0 aromatic heterocycles. The molecule has 4 heteroatoms. The summed E-state index contributed by atoms with van der Waals surface area (Å²) >= 11 is 0. The van der Waals surface area contributed by atoms with Crippen LogP contribution in [0.3, 0.4) is 0 Å². The lowest BCUT2D eigenvalue weighted by Gasteiger charge is -2.16. The van der Waals surface area contributed by atoms with Gasteiger partial charge in [-0.05, 0) is 23.0 Å². The fourth-order valence-corrected chi connectivity index (χ4v) is 2.03. The minimum Gasteiger partial charge on any atom is -0.236 e. The van der Waals surface area contributed by atoms with Crippen molar-refractivity contribution in [3.63, 3.8) is 0 Å². The van der Waals surface area contributed by atoms with Crippen LogP contribution in [0.5, 0.6) is 0 Å². The standard InChI is InChI=1S/C20H34O4/c1-15(2)11-21-23-13-17(5)19-8-7-9-20(10-19)18(6)14-24-22-12-16(3)4/h7-10,15-18H,11-14H2,1-6H3. The highest BCUT2D eigenvalue weighted by molar-refractivity contribution is 5.28. The van der Waals surface area contributed by atoms with Gasteiger partial charge in [-0.25, -0.2) is 19.6 Å². The summed E-state index contributed by atoms with van der Waals surface area (Å²) in [7, 11) is 0. The maximum Gasteiger partial charge on any atom is 0.0888 e. The lowest BCUT2D eigenvalue weighted by atomic mass is 9.95. The van der Waals surface area contributed by atoms with Crippen molar-refractivity contribution in [3.05, 3.63) is 35.4 Å². The smallest absolute Gasteiger partial charge is 0.0888 e. The van der Waals surface area contributed by atoms with Crippen LogP contribution in [-0.4, -0.2) is 26.4 Å². The van der Waals surface area contributed by atoms with Crippen LogP contribution in [0.4, 0.5) is 0 Å². The third-order valence-electron chi connectivity index (χ3n) is 3.65. The van der Waals surface area contributed by atoms with Crippen LogP contribution in [-0.2, 0) is 19.6 Å². The molecule has 0 saturated heterocycles. The number of hydrogen-bond acceptors (Lipinski definition) is 4. The number of benzene rings is 1. The third kappa shape index (κ3) is 8.78. The minimum absolute atomic E-state index is 0.280. The van der Waals surface area contributed by atoms with Crippen molar-refractivity contribution in [2.24, 2.45) is 11.8 Å². The van der Waals surface area contributed by atoms with Crippen LogP contribution in [0, 0.1) is 11.8 Å². The third-order valence-corrected chi connectivity index (χ3v) is 3.65. The molecule has 138 valence electrons. The van der Waals surface area contributed by atoms with Gasteiger partial charge in [0.05, 0.1) is 26.4 Å². The summed E-state index contributed by atoms with van der Waals surface area (Å²) in [5, 5.41) is 0. The zero-order valence-corrected chi connectivity index (χ0v) is 16.1. The van der Waals surface area contributed by atoms with Crippen LogP contribution >= 0.6 is 0 Å². The molecule has 4 nitrogen and oxygen atoms in total. The van der Waals surface area contributed by atoms with Crippen LogP contribution in [0.1, 0.15) is 64.5 Å². The molecule has 0 aliphatic heterocycles. The average Bonchev–Trinajstić information content (AvgIpc) is 2.55. The first-order chi connectivity index (χ1) is 11.4. The maximum absolute atomic E-state index is 5.32. The molecular weight excluding hydrogens is 304 g/mol. The summed E-state index contributed by atoms with van der Waals surface area (Å²) < 4.78 is 0. The fourth-order valence-electron chi connectivity index (χ4n) is 2.03. The Morgan fingerprint density at radius 2 is 1.00 bits per heavy atom. The van der Waals surface area contributed by atoms with Crippen LogP contribution in [0.25, 0.3) is 0 Å². The molecule has 0 N–H and O–H groups in total. The van der Waals surface area contributed by atoms with E-state index in [1.165, 1.54) is 11.1 Å². The first-order valence-electron chi connectivity index (χ1n) is 8.98. The van der Waals surface area contributed by atoms with E-state index in [0.717, 1.165) is 0 Å². The summed E-state index contributed by atoms with van der Waals surface area (Å²) in [5.74, 6) is 1.51. The van der Waals surface area contributed by atoms with Gasteiger partial charge in [0, 0.05) is 11.8 Å². The summed E-state index contributed by atoms with van der Waals surface area (Å²) in [4.78, 5) is 21.1. The molecule has 0 radical (unpaired) electrons. The van der Waals surface area contributed by atoms with Crippen molar-refractivity contribution in [1.29, 1.82) is 0 Å². The second-order valence-electron chi connectivity index (χ2n) is 7.40. The summed E-state index contributed by atoms with van der Waals surface area (Å²) in [6, 6.07) is 8.56. The fraction of sp³-hybridized carbons (Fsp3) is 0.700. The summed E-state index contributed by atoms with van der Waals surface area (Å²) in [6.07, 6.45) is 0. The molecule has 0 heterocycles. The van der Waals surface area contributed by atoms with Gasteiger partial charge in [0.15, 0.2) is 0 Å². The highest BCUT2D eigenvalue weighted by Gasteiger charge is 2.11. The molecule has 0 amide bonds. The van der Waals surface area contributed by atoms with E-state index in [2.05, 4.69) is 65.8 Å². The van der Waals surface area contributed by atoms with Crippen LogP contribution < -0.4 is 0 Å². The van der Waals surface area contributed by atoms with Gasteiger partial charge in [0.1, 0.15) is 0 Å². The Hall–Kier alpha value is -0.940. The van der Waals surface area contributed by atoms with E-state index in [-0.39, 0.29) is 11.8 Å². The topological polar surface area (TPSA) is 36.9 Å². The molecule has 1 rings (SSSR count). The Kier molecular flexibility index (Phi) is 10.2. The maximum atomic E-state index is 5.32. The van der Waals surface area contributed by atoms with E-state index in [9.17, 15) is 0 Å². The summed E-state index contributed by atoms with van der Waals surface area (Å²) in [5.41, 5.74) is 2.49. The van der Waals surface area contributed by atoms with Crippen molar-refractivity contribution >= 4 is 0 Å². The van der Waals surface area contributed by atoms with Gasteiger partial charge >= 0.3 is 0 Å². The van der Waals surface area contributed by atoms with Crippen LogP contribution in [0.15, 0.2) is 24.3 Å². The molecular formula is C20H34O4. The van der Waals surface area contributed by atoms with Crippen LogP contribution in [0.2, 0.25) is 0 Å². The second-order valence-corrected chi connectivity index (χ2v) is 7.40. The van der Waals surface area contributed by atoms with E-state index < -0.39 is 0 Å². The normalized spacial score (nSPS) is 14.3. The first-order valence-corrected chi connectivity index (χ1v) is 8.98. The quantitative estimate of drug-likeness (QED) is 0.302. The monoisotopic (exact) mass is 338 g/mol. The van der Waals surface area contributed by atoms with Gasteiger partial charge in [-0.1, -0.05) is 65.8 Å². The Morgan fingerprint density at radius 3 is 1.38 bits per heavy atom. The molecule has 0 aliphatic carbocycles. The van der Waals surface area contributed by atoms with Gasteiger partial charge in [-0.2, -0.15) is 0 Å². The summed E-state index contributed by atoms with van der Waals surface area (Å²) in [6.45, 7) is 15.0. The molecule has 1 aromatic carbocycles. The molecule has 24 heavy (non-hydrogen) atoms. The largest absolute Gasteiger partial charge is 0.236 e. The average molecular weight is 338 g/mol. The minimum atomic E-state index is 0.280. The van der Waals surface area contributed by atoms with E-state index in [1.807, 2.05) is 0 Å². The highest BCUT2D eigenvalue weighted by Crippen LogP contribution is 2.22. The molecule has 0 fully saturated rings. The molecule has 0 spiro atoms. The van der Waals surface area contributed by atoms with E-state index in [0.29, 0.717) is 38.3 Å². The molecule has 2 unspecified atom stereocenters. The van der Waals surface area contributed by atoms with Crippen molar-refractivity contribution in [2.75, 3.05) is 26.4 Å². The van der Waals surface area contributed by atoms with E-state index >= 15 is 0 Å². The zero-order chi connectivity index (χ0) is 17.9. The number of rotatable bonds is 12. The van der Waals surface area contributed by atoms with E-state index in [1.54, 1.807) is 0 Å². The van der Waals surface area contributed by atoms with Gasteiger partial charge in [0.25, 0.3) is 0 Å². The van der Waals surface area contributed by atoms with Crippen molar-refractivity contribution in [2.45, 2.75) is 53.4 Å². The number of hydrogen-bond donors (Lipinski definition) is 0. The second kappa shape index (κ2) is 11.6. The Morgan fingerprint density at radius 1 is 0.625 bits per heavy atom. The molecule has 0 bridgehead atoms. The first kappa shape index (κ1) is 21.1. The lowest BCUT2D eigenvalue weighted by molar-refractivity contribution is -0.302. The van der Waals surface area contributed by atoms with Gasteiger partial charge in [0.2, 0.25) is 0 Å². The molecule has 1 aromatic rings. The highest BCUT2D eigenvalue weighted by atomic mass is 17.2. The molecule has 2 atom stereocenters. The van der Waals surface area contributed by atoms with Crippen molar-refractivity contribution < 1.29 is 19.6 Å².